The van der Waals surface area contributed by atoms with E-state index in [1.54, 1.807) is 18.5 Å². The summed E-state index contributed by atoms with van der Waals surface area (Å²) in [5.41, 5.74) is 0.480. The third-order valence-electron chi connectivity index (χ3n) is 3.36. The van der Waals surface area contributed by atoms with Gasteiger partial charge in [0, 0.05) is 18.5 Å². The Balaban J connectivity index is 1.94. The van der Waals surface area contributed by atoms with Crippen LogP contribution in [0.25, 0.3) is 6.08 Å². The lowest BCUT2D eigenvalue weighted by Gasteiger charge is -2.27. The van der Waals surface area contributed by atoms with Gasteiger partial charge in [-0.25, -0.2) is 0 Å². The molecule has 0 spiro atoms. The Morgan fingerprint density at radius 3 is 2.89 bits per heavy atom. The van der Waals surface area contributed by atoms with Crippen LogP contribution in [0.2, 0.25) is 0 Å². The molecule has 2 rings (SSSR count). The number of rotatable bonds is 4. The van der Waals surface area contributed by atoms with Crippen LogP contribution in [-0.2, 0) is 4.79 Å². The zero-order valence-corrected chi connectivity index (χ0v) is 10.3. The number of hydrogen-bond donors (Lipinski definition) is 2. The Hall–Kier alpha value is -1.68. The molecule has 4 nitrogen and oxygen atoms in total. The first-order valence-electron chi connectivity index (χ1n) is 6.25. The van der Waals surface area contributed by atoms with Crippen molar-refractivity contribution in [2.75, 3.05) is 6.61 Å². The van der Waals surface area contributed by atoms with Crippen LogP contribution in [0.4, 0.5) is 0 Å². The molecule has 1 heterocycles. The van der Waals surface area contributed by atoms with Crippen LogP contribution >= 0.6 is 0 Å². The number of nitrogens with zero attached hydrogens (tertiary/aromatic N) is 1. The van der Waals surface area contributed by atoms with Crippen LogP contribution in [0, 0.1) is 0 Å². The number of aliphatic hydroxyl groups excluding tert-OH is 1. The highest BCUT2D eigenvalue weighted by molar-refractivity contribution is 5.92. The molecule has 1 aromatic heterocycles. The average Bonchev–Trinajstić information content (AvgIpc) is 2.87. The minimum absolute atomic E-state index is 0.0134. The summed E-state index contributed by atoms with van der Waals surface area (Å²) in [6, 6.07) is 3.71. The van der Waals surface area contributed by atoms with E-state index in [1.807, 2.05) is 12.1 Å². The molecule has 1 aliphatic rings. The fraction of sp³-hybridized carbons (Fsp3) is 0.429. The summed E-state index contributed by atoms with van der Waals surface area (Å²) in [5, 5.41) is 12.3. The number of carbonyl (C=O) groups excluding carboxylic acids is 1. The molecule has 0 aliphatic heterocycles. The van der Waals surface area contributed by atoms with Gasteiger partial charge in [0.05, 0.1) is 12.1 Å². The Morgan fingerprint density at radius 1 is 1.50 bits per heavy atom. The van der Waals surface area contributed by atoms with Gasteiger partial charge in [-0.3, -0.25) is 9.78 Å². The normalized spacial score (nSPS) is 18.1. The number of aliphatic hydroxyl groups is 1. The number of nitrogens with one attached hydrogen (secondary N) is 1. The second kappa shape index (κ2) is 5.78. The number of amides is 1. The van der Waals surface area contributed by atoms with E-state index >= 15 is 0 Å². The summed E-state index contributed by atoms with van der Waals surface area (Å²) in [7, 11) is 0. The quantitative estimate of drug-likeness (QED) is 0.792. The maximum atomic E-state index is 11.8. The van der Waals surface area contributed by atoms with Crippen LogP contribution in [0.15, 0.2) is 30.6 Å². The summed E-state index contributed by atoms with van der Waals surface area (Å²) < 4.78 is 0. The largest absolute Gasteiger partial charge is 0.394 e. The summed E-state index contributed by atoms with van der Waals surface area (Å²) in [6.45, 7) is 0.0134. The van der Waals surface area contributed by atoms with Crippen LogP contribution in [0.1, 0.15) is 31.2 Å². The molecule has 0 aromatic carbocycles. The molecule has 1 aromatic rings. The Morgan fingerprint density at radius 2 is 2.28 bits per heavy atom. The lowest BCUT2D eigenvalue weighted by atomic mass is 9.99. The minimum Gasteiger partial charge on any atom is -0.394 e. The van der Waals surface area contributed by atoms with Gasteiger partial charge in [0.1, 0.15) is 0 Å². The van der Waals surface area contributed by atoms with Gasteiger partial charge in [-0.1, -0.05) is 18.9 Å². The number of pyridine rings is 1. The summed E-state index contributed by atoms with van der Waals surface area (Å²) >= 11 is 0. The summed E-state index contributed by atoms with van der Waals surface area (Å²) in [5.74, 6) is -0.158. The fourth-order valence-electron chi connectivity index (χ4n) is 2.32. The summed E-state index contributed by atoms with van der Waals surface area (Å²) in [4.78, 5) is 15.8. The highest BCUT2D eigenvalue weighted by Crippen LogP contribution is 2.28. The standard InChI is InChI=1S/C14H18N2O2/c17-11-14(7-1-2-8-14)16-13(18)6-5-12-4-3-9-15-10-12/h3-6,9-10,17H,1-2,7-8,11H2,(H,16,18)/b6-5+. The van der Waals surface area contributed by atoms with Gasteiger partial charge in [-0.15, -0.1) is 0 Å². The lowest BCUT2D eigenvalue weighted by Crippen LogP contribution is -2.48. The first kappa shape index (κ1) is 12.8. The van der Waals surface area contributed by atoms with Crippen molar-refractivity contribution in [3.63, 3.8) is 0 Å². The highest BCUT2D eigenvalue weighted by atomic mass is 16.3. The fourth-order valence-corrected chi connectivity index (χ4v) is 2.32. The SMILES string of the molecule is O=C(/C=C/c1cccnc1)NC1(CO)CCCC1. The zero-order chi connectivity index (χ0) is 12.8. The predicted octanol–water partition coefficient (Wildman–Crippen LogP) is 1.52. The van der Waals surface area contributed by atoms with E-state index in [9.17, 15) is 9.90 Å². The van der Waals surface area contributed by atoms with Gasteiger partial charge in [0.25, 0.3) is 0 Å². The first-order chi connectivity index (χ1) is 8.74. The molecule has 96 valence electrons. The van der Waals surface area contributed by atoms with E-state index in [2.05, 4.69) is 10.3 Å². The van der Waals surface area contributed by atoms with E-state index in [-0.39, 0.29) is 12.5 Å². The maximum Gasteiger partial charge on any atom is 0.244 e. The van der Waals surface area contributed by atoms with E-state index in [4.69, 9.17) is 0 Å². The molecule has 0 radical (unpaired) electrons. The predicted molar refractivity (Wildman–Crippen MR) is 69.7 cm³/mol. The second-order valence-electron chi connectivity index (χ2n) is 4.75. The average molecular weight is 246 g/mol. The third-order valence-corrected chi connectivity index (χ3v) is 3.36. The van der Waals surface area contributed by atoms with E-state index in [0.29, 0.717) is 0 Å². The van der Waals surface area contributed by atoms with Crippen molar-refractivity contribution in [2.24, 2.45) is 0 Å². The molecule has 18 heavy (non-hydrogen) atoms. The third kappa shape index (κ3) is 3.17. The molecule has 0 atom stereocenters. The topological polar surface area (TPSA) is 62.2 Å². The second-order valence-corrected chi connectivity index (χ2v) is 4.75. The Bertz CT molecular complexity index is 423. The monoisotopic (exact) mass is 246 g/mol. The number of aromatic nitrogens is 1. The molecule has 0 bridgehead atoms. The molecule has 2 N–H and O–H groups in total. The van der Waals surface area contributed by atoms with Crippen molar-refractivity contribution in [2.45, 2.75) is 31.2 Å². The number of carbonyl (C=O) groups is 1. The van der Waals surface area contributed by atoms with E-state index in [1.165, 1.54) is 6.08 Å². The molecular weight excluding hydrogens is 228 g/mol. The van der Waals surface area contributed by atoms with Crippen molar-refractivity contribution < 1.29 is 9.90 Å². The molecule has 4 heteroatoms. The van der Waals surface area contributed by atoms with Crippen molar-refractivity contribution in [1.82, 2.24) is 10.3 Å². The van der Waals surface area contributed by atoms with E-state index < -0.39 is 5.54 Å². The van der Waals surface area contributed by atoms with Gasteiger partial charge in [0.2, 0.25) is 5.91 Å². The lowest BCUT2D eigenvalue weighted by molar-refractivity contribution is -0.118. The molecule has 1 amide bonds. The molecule has 1 aliphatic carbocycles. The molecule has 0 saturated heterocycles. The minimum atomic E-state index is -0.406. The van der Waals surface area contributed by atoms with Gasteiger partial charge in [-0.2, -0.15) is 0 Å². The van der Waals surface area contributed by atoms with Crippen LogP contribution < -0.4 is 5.32 Å². The van der Waals surface area contributed by atoms with Gasteiger partial charge >= 0.3 is 0 Å². The Labute approximate surface area is 107 Å². The molecule has 0 unspecified atom stereocenters. The van der Waals surface area contributed by atoms with Crippen molar-refractivity contribution >= 4 is 12.0 Å². The first-order valence-corrected chi connectivity index (χ1v) is 6.25. The molecule has 1 fully saturated rings. The van der Waals surface area contributed by atoms with Crippen LogP contribution in [-0.4, -0.2) is 28.1 Å². The van der Waals surface area contributed by atoms with Crippen molar-refractivity contribution in [3.05, 3.63) is 36.2 Å². The highest BCUT2D eigenvalue weighted by Gasteiger charge is 2.33. The molecular formula is C14H18N2O2. The smallest absolute Gasteiger partial charge is 0.244 e. The molecule has 1 saturated carbocycles. The van der Waals surface area contributed by atoms with Gasteiger partial charge in [0.15, 0.2) is 0 Å². The maximum absolute atomic E-state index is 11.8. The van der Waals surface area contributed by atoms with Crippen LogP contribution in [0.5, 0.6) is 0 Å². The number of hydrogen-bond acceptors (Lipinski definition) is 3. The van der Waals surface area contributed by atoms with Gasteiger partial charge in [-0.05, 0) is 30.5 Å². The summed E-state index contributed by atoms with van der Waals surface area (Å²) in [6.07, 6.45) is 10.4. The van der Waals surface area contributed by atoms with E-state index in [0.717, 1.165) is 31.2 Å². The zero-order valence-electron chi connectivity index (χ0n) is 10.3. The Kier molecular flexibility index (Phi) is 4.10. The van der Waals surface area contributed by atoms with Crippen molar-refractivity contribution in [1.29, 1.82) is 0 Å². The van der Waals surface area contributed by atoms with Crippen molar-refractivity contribution in [3.8, 4) is 0 Å². The van der Waals surface area contributed by atoms with Gasteiger partial charge < -0.3 is 10.4 Å². The van der Waals surface area contributed by atoms with Crippen LogP contribution in [0.3, 0.4) is 0 Å².